The third kappa shape index (κ3) is 2.46. The zero-order valence-electron chi connectivity index (χ0n) is 10.6. The van der Waals surface area contributed by atoms with Crippen LogP contribution in [0, 0.1) is 5.92 Å². The number of aromatic nitrogens is 2. The Bertz CT molecular complexity index is 517. The van der Waals surface area contributed by atoms with Crippen LogP contribution in [0.4, 0.5) is 0 Å². The zero-order valence-corrected chi connectivity index (χ0v) is 11.5. The van der Waals surface area contributed by atoms with E-state index < -0.39 is 0 Å². The lowest BCUT2D eigenvalue weighted by Gasteiger charge is -2.15. The van der Waals surface area contributed by atoms with Crippen LogP contribution in [0.1, 0.15) is 25.5 Å². The molecule has 4 nitrogen and oxygen atoms in total. The van der Waals surface area contributed by atoms with Crippen LogP contribution in [-0.2, 0) is 9.53 Å². The minimum atomic E-state index is -0.293. The summed E-state index contributed by atoms with van der Waals surface area (Å²) < 4.78 is 4.85. The minimum Gasteiger partial charge on any atom is -0.468 e. The molecule has 2 heterocycles. The van der Waals surface area contributed by atoms with Gasteiger partial charge >= 0.3 is 5.97 Å². The highest BCUT2D eigenvalue weighted by Crippen LogP contribution is 2.30. The maximum absolute atomic E-state index is 11.8. The maximum Gasteiger partial charge on any atom is 0.315 e. The number of rotatable bonds is 4. The van der Waals surface area contributed by atoms with Gasteiger partial charge < -0.3 is 9.72 Å². The van der Waals surface area contributed by atoms with Gasteiger partial charge in [0.15, 0.2) is 0 Å². The van der Waals surface area contributed by atoms with Gasteiger partial charge in [-0.2, -0.15) is 0 Å². The van der Waals surface area contributed by atoms with Crippen molar-refractivity contribution < 1.29 is 9.53 Å². The third-order valence-electron chi connectivity index (χ3n) is 2.81. The van der Waals surface area contributed by atoms with Crippen LogP contribution < -0.4 is 0 Å². The van der Waals surface area contributed by atoms with E-state index in [1.807, 2.05) is 37.7 Å². The Labute approximate surface area is 110 Å². The van der Waals surface area contributed by atoms with Crippen LogP contribution in [0.15, 0.2) is 23.8 Å². The molecule has 0 aromatic carbocycles. The molecule has 0 aliphatic carbocycles. The van der Waals surface area contributed by atoms with E-state index in [0.717, 1.165) is 16.3 Å². The number of aromatic amines is 1. The Morgan fingerprint density at radius 2 is 2.28 bits per heavy atom. The smallest absolute Gasteiger partial charge is 0.315 e. The van der Waals surface area contributed by atoms with Crippen LogP contribution in [-0.4, -0.2) is 23.0 Å². The summed E-state index contributed by atoms with van der Waals surface area (Å²) in [6.07, 6.45) is 3.75. The van der Waals surface area contributed by atoms with Crippen LogP contribution in [0.3, 0.4) is 0 Å². The Hall–Kier alpha value is -1.62. The number of nitrogens with zero attached hydrogens (tertiary/aromatic N) is 1. The van der Waals surface area contributed by atoms with Gasteiger partial charge in [-0.15, -0.1) is 11.3 Å². The van der Waals surface area contributed by atoms with Gasteiger partial charge in [0.2, 0.25) is 0 Å². The second-order valence-corrected chi connectivity index (χ2v) is 5.28. The summed E-state index contributed by atoms with van der Waals surface area (Å²) in [6, 6.07) is 1.96. The number of thiazole rings is 1. The molecule has 0 aliphatic rings. The second kappa shape index (κ2) is 5.35. The number of hydrogen-bond acceptors (Lipinski definition) is 4. The fourth-order valence-corrected chi connectivity index (χ4v) is 2.73. The van der Waals surface area contributed by atoms with Crippen molar-refractivity contribution in [2.75, 3.05) is 7.11 Å². The number of H-pyrrole nitrogens is 1. The minimum absolute atomic E-state index is 0.165. The molecule has 2 aromatic rings. The number of carbonyl (C=O) groups is 1. The molecule has 1 atom stereocenters. The highest BCUT2D eigenvalue weighted by atomic mass is 32.1. The van der Waals surface area contributed by atoms with Crippen molar-refractivity contribution in [3.05, 3.63) is 29.5 Å². The molecule has 2 rings (SSSR count). The SMILES string of the molecule is COC(=O)C(c1csc(-c2cc[nH]c2)n1)C(C)C. The van der Waals surface area contributed by atoms with Crippen molar-refractivity contribution in [1.82, 2.24) is 9.97 Å². The summed E-state index contributed by atoms with van der Waals surface area (Å²) >= 11 is 1.54. The first kappa shape index (κ1) is 12.8. The Balaban J connectivity index is 2.30. The quantitative estimate of drug-likeness (QED) is 0.863. The van der Waals surface area contributed by atoms with E-state index in [2.05, 4.69) is 9.97 Å². The van der Waals surface area contributed by atoms with Crippen molar-refractivity contribution in [2.24, 2.45) is 5.92 Å². The van der Waals surface area contributed by atoms with Crippen molar-refractivity contribution >= 4 is 17.3 Å². The van der Waals surface area contributed by atoms with E-state index in [1.54, 1.807) is 11.3 Å². The Morgan fingerprint density at radius 3 is 2.83 bits per heavy atom. The molecule has 0 bridgehead atoms. The Morgan fingerprint density at radius 1 is 1.50 bits per heavy atom. The molecule has 0 radical (unpaired) electrons. The van der Waals surface area contributed by atoms with E-state index >= 15 is 0 Å². The average molecular weight is 264 g/mol. The van der Waals surface area contributed by atoms with E-state index in [-0.39, 0.29) is 17.8 Å². The monoisotopic (exact) mass is 264 g/mol. The van der Waals surface area contributed by atoms with E-state index in [1.165, 1.54) is 7.11 Å². The van der Waals surface area contributed by atoms with Crippen molar-refractivity contribution in [2.45, 2.75) is 19.8 Å². The lowest BCUT2D eigenvalue weighted by atomic mass is 9.93. The first-order chi connectivity index (χ1) is 8.63. The van der Waals surface area contributed by atoms with Gasteiger partial charge in [-0.1, -0.05) is 13.8 Å². The van der Waals surface area contributed by atoms with Crippen LogP contribution in [0.2, 0.25) is 0 Å². The fraction of sp³-hybridized carbons (Fsp3) is 0.385. The topological polar surface area (TPSA) is 55.0 Å². The van der Waals surface area contributed by atoms with E-state index in [4.69, 9.17) is 4.74 Å². The lowest BCUT2D eigenvalue weighted by molar-refractivity contribution is -0.143. The van der Waals surface area contributed by atoms with Gasteiger partial charge in [0.1, 0.15) is 10.9 Å². The molecular formula is C13H16N2O2S. The summed E-state index contributed by atoms with van der Waals surface area (Å²) in [5, 5.41) is 2.85. The molecule has 0 saturated carbocycles. The normalized spacial score (nSPS) is 12.7. The molecule has 0 fully saturated rings. The Kier molecular flexibility index (Phi) is 3.81. The molecule has 0 spiro atoms. The largest absolute Gasteiger partial charge is 0.468 e. The summed E-state index contributed by atoms with van der Waals surface area (Å²) in [5.41, 5.74) is 1.83. The fourth-order valence-electron chi connectivity index (χ4n) is 1.88. The summed E-state index contributed by atoms with van der Waals surface area (Å²) in [7, 11) is 1.41. The number of hydrogen-bond donors (Lipinski definition) is 1. The maximum atomic E-state index is 11.8. The molecule has 0 saturated heterocycles. The van der Waals surface area contributed by atoms with Gasteiger partial charge in [0.05, 0.1) is 12.8 Å². The number of ether oxygens (including phenoxy) is 1. The molecule has 18 heavy (non-hydrogen) atoms. The molecule has 1 N–H and O–H groups in total. The molecule has 2 aromatic heterocycles. The summed E-state index contributed by atoms with van der Waals surface area (Å²) in [6.45, 7) is 3.99. The van der Waals surface area contributed by atoms with Gasteiger partial charge in [-0.3, -0.25) is 4.79 Å². The highest BCUT2D eigenvalue weighted by molar-refractivity contribution is 7.13. The van der Waals surface area contributed by atoms with Crippen LogP contribution >= 0.6 is 11.3 Å². The van der Waals surface area contributed by atoms with Gasteiger partial charge in [-0.25, -0.2) is 4.98 Å². The van der Waals surface area contributed by atoms with Crippen molar-refractivity contribution in [3.63, 3.8) is 0 Å². The molecule has 0 aliphatic heterocycles. The first-order valence-electron chi connectivity index (χ1n) is 5.80. The zero-order chi connectivity index (χ0) is 13.1. The van der Waals surface area contributed by atoms with Crippen molar-refractivity contribution in [1.29, 1.82) is 0 Å². The van der Waals surface area contributed by atoms with E-state index in [0.29, 0.717) is 0 Å². The number of esters is 1. The van der Waals surface area contributed by atoms with Gasteiger partial charge in [0.25, 0.3) is 0 Å². The number of methoxy groups -OCH3 is 1. The third-order valence-corrected chi connectivity index (χ3v) is 3.72. The number of nitrogens with one attached hydrogen (secondary N) is 1. The predicted octanol–water partition coefficient (Wildman–Crippen LogP) is 3.05. The highest BCUT2D eigenvalue weighted by Gasteiger charge is 2.27. The molecule has 5 heteroatoms. The van der Waals surface area contributed by atoms with Crippen LogP contribution in [0.5, 0.6) is 0 Å². The average Bonchev–Trinajstić information content (AvgIpc) is 2.98. The van der Waals surface area contributed by atoms with Gasteiger partial charge in [0, 0.05) is 23.3 Å². The molecule has 1 unspecified atom stereocenters. The molecule has 96 valence electrons. The first-order valence-corrected chi connectivity index (χ1v) is 6.68. The van der Waals surface area contributed by atoms with Gasteiger partial charge in [-0.05, 0) is 12.0 Å². The van der Waals surface area contributed by atoms with Crippen LogP contribution in [0.25, 0.3) is 10.6 Å². The second-order valence-electron chi connectivity index (χ2n) is 4.42. The standard InChI is InChI=1S/C13H16N2O2S/c1-8(2)11(13(16)17-3)10-7-18-12(15-10)9-4-5-14-6-9/h4-8,11,14H,1-3H3. The lowest BCUT2D eigenvalue weighted by Crippen LogP contribution is -2.19. The van der Waals surface area contributed by atoms with E-state index in [9.17, 15) is 4.79 Å². The molecular weight excluding hydrogens is 248 g/mol. The number of carbonyl (C=O) groups excluding carboxylic acids is 1. The predicted molar refractivity (Wildman–Crippen MR) is 71.5 cm³/mol. The molecule has 0 amide bonds. The summed E-state index contributed by atoms with van der Waals surface area (Å²) in [5.74, 6) is -0.353. The van der Waals surface area contributed by atoms with Crippen molar-refractivity contribution in [3.8, 4) is 10.6 Å². The summed E-state index contributed by atoms with van der Waals surface area (Å²) in [4.78, 5) is 19.3.